The minimum atomic E-state index is -3.86. The molecule has 1 aromatic heterocycles. The Labute approximate surface area is 127 Å². The molecule has 0 aliphatic heterocycles. The van der Waals surface area contributed by atoms with E-state index in [2.05, 4.69) is 15.0 Å². The van der Waals surface area contributed by atoms with Gasteiger partial charge >= 0.3 is 0 Å². The van der Waals surface area contributed by atoms with Crippen molar-refractivity contribution in [3.05, 3.63) is 47.1 Å². The molecule has 2 aromatic rings. The van der Waals surface area contributed by atoms with Crippen molar-refractivity contribution in [2.24, 2.45) is 0 Å². The molecule has 0 bridgehead atoms. The summed E-state index contributed by atoms with van der Waals surface area (Å²) in [6, 6.07) is 9.42. The number of benzene rings is 1. The number of halogens is 1. The maximum Gasteiger partial charge on any atom is 0.281 e. The van der Waals surface area contributed by atoms with Gasteiger partial charge in [-0.1, -0.05) is 11.6 Å². The Morgan fingerprint density at radius 3 is 2.71 bits per heavy atom. The molecule has 1 heterocycles. The van der Waals surface area contributed by atoms with Gasteiger partial charge in [0.15, 0.2) is 5.03 Å². The van der Waals surface area contributed by atoms with Gasteiger partial charge in [-0.2, -0.15) is 13.7 Å². The average Bonchev–Trinajstić information content (AvgIpc) is 2.47. The van der Waals surface area contributed by atoms with E-state index in [1.807, 2.05) is 6.07 Å². The highest BCUT2D eigenvalue weighted by molar-refractivity contribution is 7.92. The van der Waals surface area contributed by atoms with E-state index in [1.165, 1.54) is 24.4 Å². The molecular formula is C13H11ClN4O2S. The van der Waals surface area contributed by atoms with Crippen LogP contribution in [0.2, 0.25) is 5.02 Å². The smallest absolute Gasteiger partial charge is 0.281 e. The molecule has 2 N–H and O–H groups in total. The average molecular weight is 323 g/mol. The van der Waals surface area contributed by atoms with Gasteiger partial charge in [0.2, 0.25) is 0 Å². The van der Waals surface area contributed by atoms with Gasteiger partial charge in [-0.25, -0.2) is 4.98 Å². The summed E-state index contributed by atoms with van der Waals surface area (Å²) in [7, 11) is -2.25. The molecule has 108 valence electrons. The maximum atomic E-state index is 12.3. The third kappa shape index (κ3) is 3.24. The van der Waals surface area contributed by atoms with Gasteiger partial charge in [0.1, 0.15) is 6.07 Å². The standard InChI is InChI=1S/C13H11ClN4O2S/c1-16-12-3-2-6-17-13(12)21(19,20)18-10-5-4-9(8-15)11(14)7-10/h2-7,16,18H,1H3. The van der Waals surface area contributed by atoms with E-state index in [4.69, 9.17) is 16.9 Å². The number of rotatable bonds is 4. The number of nitrogens with zero attached hydrogens (tertiary/aromatic N) is 2. The molecule has 2 rings (SSSR count). The fourth-order valence-electron chi connectivity index (χ4n) is 1.67. The molecule has 0 fully saturated rings. The number of nitriles is 1. The molecule has 0 radical (unpaired) electrons. The van der Waals surface area contributed by atoms with Crippen LogP contribution in [0.4, 0.5) is 11.4 Å². The van der Waals surface area contributed by atoms with E-state index in [0.717, 1.165) is 0 Å². The van der Waals surface area contributed by atoms with Crippen molar-refractivity contribution in [3.63, 3.8) is 0 Å². The topological polar surface area (TPSA) is 94.9 Å². The molecule has 8 heteroatoms. The van der Waals surface area contributed by atoms with Crippen LogP contribution in [0.25, 0.3) is 0 Å². The Morgan fingerprint density at radius 2 is 2.10 bits per heavy atom. The van der Waals surface area contributed by atoms with E-state index in [9.17, 15) is 8.42 Å². The minimum Gasteiger partial charge on any atom is -0.386 e. The first-order chi connectivity index (χ1) is 9.97. The minimum absolute atomic E-state index is 0.118. The lowest BCUT2D eigenvalue weighted by atomic mass is 10.2. The molecule has 0 saturated carbocycles. The molecule has 6 nitrogen and oxygen atoms in total. The SMILES string of the molecule is CNc1cccnc1S(=O)(=O)Nc1ccc(C#N)c(Cl)c1. The Balaban J connectivity index is 2.38. The second-order valence-electron chi connectivity index (χ2n) is 4.02. The number of nitrogens with one attached hydrogen (secondary N) is 2. The third-order valence-electron chi connectivity index (χ3n) is 2.64. The summed E-state index contributed by atoms with van der Waals surface area (Å²) in [4.78, 5) is 3.88. The monoisotopic (exact) mass is 322 g/mol. The number of hydrogen-bond acceptors (Lipinski definition) is 5. The van der Waals surface area contributed by atoms with Crippen molar-refractivity contribution >= 4 is 33.0 Å². The van der Waals surface area contributed by atoms with Crippen molar-refractivity contribution < 1.29 is 8.42 Å². The van der Waals surface area contributed by atoms with Crippen LogP contribution in [-0.2, 0) is 10.0 Å². The third-order valence-corrected chi connectivity index (χ3v) is 4.29. The molecule has 0 saturated heterocycles. The van der Waals surface area contributed by atoms with Crippen LogP contribution in [0.5, 0.6) is 0 Å². The molecular weight excluding hydrogens is 312 g/mol. The summed E-state index contributed by atoms with van der Waals surface area (Å²) < 4.78 is 27.0. The Bertz CT molecular complexity index is 815. The van der Waals surface area contributed by atoms with Gasteiger partial charge in [0, 0.05) is 13.2 Å². The predicted octanol–water partition coefficient (Wildman–Crippen LogP) is 2.45. The van der Waals surface area contributed by atoms with E-state index < -0.39 is 10.0 Å². The molecule has 1 aromatic carbocycles. The molecule has 0 aliphatic carbocycles. The van der Waals surface area contributed by atoms with E-state index in [0.29, 0.717) is 5.69 Å². The Morgan fingerprint density at radius 1 is 1.33 bits per heavy atom. The largest absolute Gasteiger partial charge is 0.386 e. The van der Waals surface area contributed by atoms with Crippen molar-refractivity contribution in [1.82, 2.24) is 4.98 Å². The van der Waals surface area contributed by atoms with Crippen LogP contribution in [0, 0.1) is 11.3 Å². The van der Waals surface area contributed by atoms with Crippen molar-refractivity contribution in [3.8, 4) is 6.07 Å². The van der Waals surface area contributed by atoms with E-state index in [1.54, 1.807) is 19.2 Å². The molecule has 0 amide bonds. The van der Waals surface area contributed by atoms with Crippen molar-refractivity contribution in [2.45, 2.75) is 5.03 Å². The second-order valence-corrected chi connectivity index (χ2v) is 6.02. The van der Waals surface area contributed by atoms with Crippen molar-refractivity contribution in [2.75, 3.05) is 17.1 Å². The highest BCUT2D eigenvalue weighted by Gasteiger charge is 2.20. The number of anilines is 2. The Kier molecular flexibility index (Phi) is 4.31. The quantitative estimate of drug-likeness (QED) is 0.901. The van der Waals surface area contributed by atoms with Crippen molar-refractivity contribution in [1.29, 1.82) is 5.26 Å². The molecule has 0 unspecified atom stereocenters. The summed E-state index contributed by atoms with van der Waals surface area (Å²) >= 11 is 5.88. The van der Waals surface area contributed by atoms with E-state index >= 15 is 0 Å². The molecule has 0 aliphatic rings. The molecule has 21 heavy (non-hydrogen) atoms. The number of hydrogen-bond donors (Lipinski definition) is 2. The highest BCUT2D eigenvalue weighted by Crippen LogP contribution is 2.24. The second kappa shape index (κ2) is 5.99. The summed E-state index contributed by atoms with van der Waals surface area (Å²) in [5.74, 6) is 0. The van der Waals surface area contributed by atoms with Crippen LogP contribution in [0.1, 0.15) is 5.56 Å². The van der Waals surface area contributed by atoms with Gasteiger partial charge < -0.3 is 5.32 Å². The fourth-order valence-corrected chi connectivity index (χ4v) is 3.08. The summed E-state index contributed by atoms with van der Waals surface area (Å²) in [5.41, 5.74) is 0.907. The van der Waals surface area contributed by atoms with Gasteiger partial charge in [0.25, 0.3) is 10.0 Å². The summed E-state index contributed by atoms with van der Waals surface area (Å²) in [5, 5.41) is 11.6. The number of sulfonamides is 1. The van der Waals surface area contributed by atoms with E-state index in [-0.39, 0.29) is 21.3 Å². The lowest BCUT2D eigenvalue weighted by molar-refractivity contribution is 0.598. The zero-order valence-corrected chi connectivity index (χ0v) is 12.5. The molecule has 0 spiro atoms. The van der Waals surface area contributed by atoms with Crippen LogP contribution in [0.3, 0.4) is 0 Å². The van der Waals surface area contributed by atoms with Crippen LogP contribution < -0.4 is 10.0 Å². The first-order valence-electron chi connectivity index (χ1n) is 5.83. The highest BCUT2D eigenvalue weighted by atomic mass is 35.5. The first-order valence-corrected chi connectivity index (χ1v) is 7.69. The van der Waals surface area contributed by atoms with Crippen LogP contribution in [-0.4, -0.2) is 20.4 Å². The number of pyridine rings is 1. The predicted molar refractivity (Wildman–Crippen MR) is 80.8 cm³/mol. The fraction of sp³-hybridized carbons (Fsp3) is 0.0769. The van der Waals surface area contributed by atoms with Gasteiger partial charge in [-0.05, 0) is 30.3 Å². The zero-order valence-electron chi connectivity index (χ0n) is 11.0. The normalized spacial score (nSPS) is 10.7. The Hall–Kier alpha value is -2.30. The van der Waals surface area contributed by atoms with Gasteiger partial charge in [0.05, 0.1) is 22.0 Å². The summed E-state index contributed by atoms with van der Waals surface area (Å²) in [6.07, 6.45) is 1.39. The first kappa shape index (κ1) is 15.1. The number of aromatic nitrogens is 1. The maximum absolute atomic E-state index is 12.3. The lowest BCUT2D eigenvalue weighted by Crippen LogP contribution is -2.16. The van der Waals surface area contributed by atoms with Gasteiger partial charge in [-0.3, -0.25) is 4.72 Å². The molecule has 0 atom stereocenters. The zero-order chi connectivity index (χ0) is 15.5. The van der Waals surface area contributed by atoms with Gasteiger partial charge in [-0.15, -0.1) is 0 Å². The van der Waals surface area contributed by atoms with Crippen LogP contribution in [0.15, 0.2) is 41.6 Å². The van der Waals surface area contributed by atoms with Crippen LogP contribution >= 0.6 is 11.6 Å². The summed E-state index contributed by atoms with van der Waals surface area (Å²) in [6.45, 7) is 0. The lowest BCUT2D eigenvalue weighted by Gasteiger charge is -2.11.